The van der Waals surface area contributed by atoms with Crippen LogP contribution in [0.4, 0.5) is 0 Å². The van der Waals surface area contributed by atoms with Crippen LogP contribution >= 0.6 is 0 Å². The molecule has 1 N–H and O–H groups in total. The summed E-state index contributed by atoms with van der Waals surface area (Å²) in [4.78, 5) is 0. The normalized spacial score (nSPS) is 15.4. The van der Waals surface area contributed by atoms with E-state index in [-0.39, 0.29) is 0 Å². The minimum Gasteiger partial charge on any atom is -0.385 e. The average molecular weight is 201 g/mol. The topological polar surface area (TPSA) is 21.3 Å². The number of hydrogen-bond donors (Lipinski definition) is 1. The van der Waals surface area contributed by atoms with E-state index in [0.717, 1.165) is 13.2 Å². The van der Waals surface area contributed by atoms with Crippen molar-refractivity contribution in [2.75, 3.05) is 27.3 Å². The Bertz CT molecular complexity index is 119. The predicted octanol–water partition coefficient (Wildman–Crippen LogP) is 2.83. The van der Waals surface area contributed by atoms with Crippen molar-refractivity contribution in [1.82, 2.24) is 5.32 Å². The number of hydrogen-bond acceptors (Lipinski definition) is 2. The van der Waals surface area contributed by atoms with Gasteiger partial charge < -0.3 is 10.1 Å². The first kappa shape index (κ1) is 13.9. The van der Waals surface area contributed by atoms with E-state index in [0.29, 0.717) is 5.41 Å². The van der Waals surface area contributed by atoms with Gasteiger partial charge in [-0.15, -0.1) is 0 Å². The van der Waals surface area contributed by atoms with Crippen LogP contribution in [0.1, 0.15) is 46.0 Å². The van der Waals surface area contributed by atoms with Crippen molar-refractivity contribution in [2.24, 2.45) is 5.41 Å². The van der Waals surface area contributed by atoms with Gasteiger partial charge in [-0.3, -0.25) is 0 Å². The maximum atomic E-state index is 5.06. The zero-order valence-corrected chi connectivity index (χ0v) is 10.4. The van der Waals surface area contributed by atoms with Gasteiger partial charge in [0.1, 0.15) is 0 Å². The third-order valence-corrected chi connectivity index (χ3v) is 2.84. The molecular formula is C12H27NO. The second-order valence-electron chi connectivity index (χ2n) is 4.54. The largest absolute Gasteiger partial charge is 0.385 e. The summed E-state index contributed by atoms with van der Waals surface area (Å²) in [5, 5.41) is 3.30. The third kappa shape index (κ3) is 6.39. The highest BCUT2D eigenvalue weighted by Crippen LogP contribution is 2.28. The summed E-state index contributed by atoms with van der Waals surface area (Å²) >= 11 is 0. The molecule has 0 aliphatic carbocycles. The van der Waals surface area contributed by atoms with Crippen molar-refractivity contribution in [3.63, 3.8) is 0 Å². The molecule has 2 heteroatoms. The summed E-state index contributed by atoms with van der Waals surface area (Å²) in [6, 6.07) is 0. The standard InChI is InChI=1S/C12H27NO/c1-5-8-12(2,11-13-3)9-6-7-10-14-4/h13H,5-11H2,1-4H3. The van der Waals surface area contributed by atoms with Gasteiger partial charge in [-0.1, -0.05) is 26.7 Å². The van der Waals surface area contributed by atoms with E-state index in [4.69, 9.17) is 4.74 Å². The molecule has 0 heterocycles. The highest BCUT2D eigenvalue weighted by Gasteiger charge is 2.21. The minimum absolute atomic E-state index is 0.483. The Kier molecular flexibility index (Phi) is 8.20. The molecule has 0 aliphatic rings. The molecule has 2 nitrogen and oxygen atoms in total. The van der Waals surface area contributed by atoms with Gasteiger partial charge in [-0.2, -0.15) is 0 Å². The van der Waals surface area contributed by atoms with Crippen LogP contribution in [0.2, 0.25) is 0 Å². The zero-order chi connectivity index (χ0) is 10.9. The van der Waals surface area contributed by atoms with Gasteiger partial charge in [0.15, 0.2) is 0 Å². The smallest absolute Gasteiger partial charge is 0.0462 e. The Morgan fingerprint density at radius 2 is 1.93 bits per heavy atom. The van der Waals surface area contributed by atoms with Crippen LogP contribution < -0.4 is 5.32 Å². The number of unbranched alkanes of at least 4 members (excludes halogenated alkanes) is 1. The first-order valence-electron chi connectivity index (χ1n) is 5.82. The third-order valence-electron chi connectivity index (χ3n) is 2.84. The molecule has 0 aromatic heterocycles. The molecule has 14 heavy (non-hydrogen) atoms. The van der Waals surface area contributed by atoms with Crippen LogP contribution in [0, 0.1) is 5.41 Å². The van der Waals surface area contributed by atoms with Gasteiger partial charge in [0.05, 0.1) is 0 Å². The van der Waals surface area contributed by atoms with Crippen LogP contribution in [0.15, 0.2) is 0 Å². The molecule has 0 amide bonds. The summed E-state index contributed by atoms with van der Waals surface area (Å²) in [5.41, 5.74) is 0.483. The molecule has 0 fully saturated rings. The lowest BCUT2D eigenvalue weighted by Gasteiger charge is -2.29. The molecule has 86 valence electrons. The minimum atomic E-state index is 0.483. The number of rotatable bonds is 9. The predicted molar refractivity (Wildman–Crippen MR) is 62.7 cm³/mol. The number of ether oxygens (including phenoxy) is 1. The highest BCUT2D eigenvalue weighted by molar-refractivity contribution is 4.75. The summed E-state index contributed by atoms with van der Waals surface area (Å²) < 4.78 is 5.06. The quantitative estimate of drug-likeness (QED) is 0.579. The van der Waals surface area contributed by atoms with Gasteiger partial charge >= 0.3 is 0 Å². The van der Waals surface area contributed by atoms with E-state index < -0.39 is 0 Å². The van der Waals surface area contributed by atoms with Gasteiger partial charge in [0.2, 0.25) is 0 Å². The summed E-state index contributed by atoms with van der Waals surface area (Å²) in [6.07, 6.45) is 6.39. The summed E-state index contributed by atoms with van der Waals surface area (Å²) in [5.74, 6) is 0. The monoisotopic (exact) mass is 201 g/mol. The maximum absolute atomic E-state index is 5.06. The van der Waals surface area contributed by atoms with Crippen LogP contribution in [0.3, 0.4) is 0 Å². The number of nitrogens with one attached hydrogen (secondary N) is 1. The second-order valence-corrected chi connectivity index (χ2v) is 4.54. The highest BCUT2D eigenvalue weighted by atomic mass is 16.5. The van der Waals surface area contributed by atoms with Crippen molar-refractivity contribution in [3.8, 4) is 0 Å². The van der Waals surface area contributed by atoms with Gasteiger partial charge in [0.25, 0.3) is 0 Å². The summed E-state index contributed by atoms with van der Waals surface area (Å²) in [6.45, 7) is 6.69. The Hall–Kier alpha value is -0.0800. The first-order chi connectivity index (χ1) is 6.68. The van der Waals surface area contributed by atoms with Crippen molar-refractivity contribution in [2.45, 2.75) is 46.0 Å². The van der Waals surface area contributed by atoms with E-state index in [1.807, 2.05) is 7.05 Å². The van der Waals surface area contributed by atoms with Crippen LogP contribution in [0.25, 0.3) is 0 Å². The molecule has 0 aromatic rings. The fourth-order valence-corrected chi connectivity index (χ4v) is 2.13. The zero-order valence-electron chi connectivity index (χ0n) is 10.4. The molecule has 0 aromatic carbocycles. The second kappa shape index (κ2) is 8.25. The molecule has 0 spiro atoms. The van der Waals surface area contributed by atoms with Crippen LogP contribution in [-0.2, 0) is 4.74 Å². The molecule has 1 atom stereocenters. The molecule has 0 bridgehead atoms. The Morgan fingerprint density at radius 1 is 1.21 bits per heavy atom. The molecule has 0 saturated carbocycles. The number of methoxy groups -OCH3 is 1. The van der Waals surface area contributed by atoms with Gasteiger partial charge in [-0.25, -0.2) is 0 Å². The lowest BCUT2D eigenvalue weighted by Crippen LogP contribution is -2.29. The van der Waals surface area contributed by atoms with Gasteiger partial charge in [-0.05, 0) is 31.7 Å². The average Bonchev–Trinajstić information content (AvgIpc) is 2.13. The lowest BCUT2D eigenvalue weighted by atomic mass is 9.81. The molecular weight excluding hydrogens is 174 g/mol. The molecule has 0 aliphatic heterocycles. The SMILES string of the molecule is CCCC(C)(CCCCOC)CNC. The van der Waals surface area contributed by atoms with E-state index in [1.54, 1.807) is 7.11 Å². The van der Waals surface area contributed by atoms with Crippen molar-refractivity contribution in [3.05, 3.63) is 0 Å². The molecule has 0 saturated heterocycles. The van der Waals surface area contributed by atoms with Crippen LogP contribution in [-0.4, -0.2) is 27.3 Å². The summed E-state index contributed by atoms with van der Waals surface area (Å²) in [7, 11) is 3.82. The van der Waals surface area contributed by atoms with E-state index >= 15 is 0 Å². The Morgan fingerprint density at radius 3 is 2.43 bits per heavy atom. The van der Waals surface area contributed by atoms with Gasteiger partial charge in [0, 0.05) is 20.3 Å². The molecule has 1 unspecified atom stereocenters. The maximum Gasteiger partial charge on any atom is 0.0462 e. The van der Waals surface area contributed by atoms with E-state index in [1.165, 1.54) is 32.1 Å². The van der Waals surface area contributed by atoms with E-state index in [9.17, 15) is 0 Å². The van der Waals surface area contributed by atoms with Crippen molar-refractivity contribution in [1.29, 1.82) is 0 Å². The first-order valence-corrected chi connectivity index (χ1v) is 5.82. The molecule has 0 radical (unpaired) electrons. The Balaban J connectivity index is 3.71. The Labute approximate surface area is 89.4 Å². The fourth-order valence-electron chi connectivity index (χ4n) is 2.13. The van der Waals surface area contributed by atoms with E-state index in [2.05, 4.69) is 19.2 Å². The lowest BCUT2D eigenvalue weighted by molar-refractivity contribution is 0.180. The van der Waals surface area contributed by atoms with Crippen molar-refractivity contribution >= 4 is 0 Å². The fraction of sp³-hybridized carbons (Fsp3) is 1.00. The van der Waals surface area contributed by atoms with Crippen LogP contribution in [0.5, 0.6) is 0 Å². The molecule has 0 rings (SSSR count). The van der Waals surface area contributed by atoms with Crippen molar-refractivity contribution < 1.29 is 4.74 Å².